The van der Waals surface area contributed by atoms with Crippen molar-refractivity contribution in [3.05, 3.63) is 32.9 Å². The van der Waals surface area contributed by atoms with E-state index in [0.29, 0.717) is 0 Å². The van der Waals surface area contributed by atoms with E-state index < -0.39 is 17.9 Å². The van der Waals surface area contributed by atoms with E-state index in [1.54, 1.807) is 29.5 Å². The Morgan fingerprint density at radius 2 is 2.07 bits per heavy atom. The van der Waals surface area contributed by atoms with Gasteiger partial charge in [-0.15, -0.1) is 0 Å². The van der Waals surface area contributed by atoms with Gasteiger partial charge >= 0.3 is 0 Å². The van der Waals surface area contributed by atoms with Crippen molar-refractivity contribution in [2.24, 2.45) is 0 Å². The van der Waals surface area contributed by atoms with Gasteiger partial charge in [-0.3, -0.25) is 0 Å². The molecule has 1 atom stereocenters. The summed E-state index contributed by atoms with van der Waals surface area (Å²) in [6, 6.07) is 2.69. The monoisotopic (exact) mass is 314 g/mol. The summed E-state index contributed by atoms with van der Waals surface area (Å²) < 4.78 is 31.2. The summed E-state index contributed by atoms with van der Waals surface area (Å²) in [5.41, 5.74) is -0.176. The molecule has 0 saturated heterocycles. The molecule has 0 bridgehead atoms. The highest BCUT2D eigenvalue weighted by atomic mass is 127. The van der Waals surface area contributed by atoms with E-state index in [2.05, 4.69) is 0 Å². The van der Waals surface area contributed by atoms with Gasteiger partial charge in [0.05, 0.1) is 3.57 Å². The van der Waals surface area contributed by atoms with Crippen molar-refractivity contribution in [3.8, 4) is 0 Å². The number of aliphatic hydroxyl groups excluding tert-OH is 1. The van der Waals surface area contributed by atoms with E-state index in [1.807, 2.05) is 0 Å². The lowest BCUT2D eigenvalue weighted by atomic mass is 10.2. The molecule has 1 aromatic rings. The minimum absolute atomic E-state index is 0.174. The number of rotatable bonds is 3. The van der Waals surface area contributed by atoms with Crippen LogP contribution < -0.4 is 0 Å². The second-order valence-electron chi connectivity index (χ2n) is 2.57. The van der Waals surface area contributed by atoms with E-state index in [4.69, 9.17) is 4.74 Å². The van der Waals surface area contributed by atoms with Crippen LogP contribution in [-0.4, -0.2) is 11.7 Å². The van der Waals surface area contributed by atoms with Crippen LogP contribution >= 0.6 is 22.6 Å². The molecule has 1 N–H and O–H groups in total. The van der Waals surface area contributed by atoms with Crippen molar-refractivity contribution < 1.29 is 18.6 Å². The molecule has 0 amide bonds. The number of hydrogen-bond acceptors (Lipinski definition) is 2. The molecule has 0 saturated carbocycles. The van der Waals surface area contributed by atoms with Gasteiger partial charge in [-0.2, -0.15) is 0 Å². The zero-order valence-corrected chi connectivity index (χ0v) is 9.59. The molecule has 1 unspecified atom stereocenters. The lowest BCUT2D eigenvalue weighted by Crippen LogP contribution is -2.07. The summed E-state index contributed by atoms with van der Waals surface area (Å²) >= 11 is 1.67. The molecule has 5 heteroatoms. The Kier molecular flexibility index (Phi) is 4.21. The summed E-state index contributed by atoms with van der Waals surface area (Å²) in [5, 5.41) is 9.29. The van der Waals surface area contributed by atoms with Crippen molar-refractivity contribution in [1.29, 1.82) is 0 Å². The summed E-state index contributed by atoms with van der Waals surface area (Å²) in [4.78, 5) is 0. The van der Waals surface area contributed by atoms with Crippen LogP contribution in [0, 0.1) is 15.2 Å². The normalized spacial score (nSPS) is 12.9. The maximum atomic E-state index is 13.2. The first kappa shape index (κ1) is 11.8. The summed E-state index contributed by atoms with van der Waals surface area (Å²) in [7, 11) is 0. The first-order chi connectivity index (χ1) is 6.57. The minimum Gasteiger partial charge on any atom is -0.364 e. The zero-order valence-electron chi connectivity index (χ0n) is 7.43. The second-order valence-corrected chi connectivity index (χ2v) is 3.73. The number of benzene rings is 1. The molecule has 0 radical (unpaired) electrons. The molecule has 2 nitrogen and oxygen atoms in total. The van der Waals surface area contributed by atoms with Gasteiger partial charge in [0.15, 0.2) is 17.9 Å². The van der Waals surface area contributed by atoms with Crippen LogP contribution in [0.25, 0.3) is 0 Å². The first-order valence-corrected chi connectivity index (χ1v) is 5.08. The molecule has 78 valence electrons. The number of halogens is 3. The fourth-order valence-electron chi connectivity index (χ4n) is 0.979. The predicted molar refractivity (Wildman–Crippen MR) is 55.7 cm³/mol. The van der Waals surface area contributed by atoms with Gasteiger partial charge in [-0.05, 0) is 41.6 Å². The van der Waals surface area contributed by atoms with Crippen LogP contribution in [0.4, 0.5) is 8.78 Å². The third-order valence-corrected chi connectivity index (χ3v) is 2.49. The topological polar surface area (TPSA) is 29.5 Å². The summed E-state index contributed by atoms with van der Waals surface area (Å²) in [5.74, 6) is -2.01. The van der Waals surface area contributed by atoms with Crippen molar-refractivity contribution in [2.75, 3.05) is 6.61 Å². The molecule has 0 aliphatic rings. The van der Waals surface area contributed by atoms with E-state index >= 15 is 0 Å². The van der Waals surface area contributed by atoms with Crippen LogP contribution in [0.3, 0.4) is 0 Å². The predicted octanol–water partition coefficient (Wildman–Crippen LogP) is 2.60. The highest BCUT2D eigenvalue weighted by Crippen LogP contribution is 2.23. The van der Waals surface area contributed by atoms with E-state index in [9.17, 15) is 13.9 Å². The molecule has 0 spiro atoms. The van der Waals surface area contributed by atoms with Crippen molar-refractivity contribution in [3.63, 3.8) is 0 Å². The fraction of sp³-hybridized carbons (Fsp3) is 0.333. The van der Waals surface area contributed by atoms with Gasteiger partial charge in [0.2, 0.25) is 0 Å². The lowest BCUT2D eigenvalue weighted by Gasteiger charge is -2.12. The largest absolute Gasteiger partial charge is 0.364 e. The van der Waals surface area contributed by atoms with Gasteiger partial charge in [0, 0.05) is 12.2 Å². The Balaban J connectivity index is 3.04. The first-order valence-electron chi connectivity index (χ1n) is 4.01. The number of hydrogen-bond donors (Lipinski definition) is 1. The van der Waals surface area contributed by atoms with Crippen molar-refractivity contribution in [1.82, 2.24) is 0 Å². The van der Waals surface area contributed by atoms with Gasteiger partial charge < -0.3 is 9.84 Å². The average molecular weight is 314 g/mol. The Bertz CT molecular complexity index is 331. The summed E-state index contributed by atoms with van der Waals surface area (Å²) in [6.07, 6.45) is -1.41. The van der Waals surface area contributed by atoms with Gasteiger partial charge in [-0.25, -0.2) is 8.78 Å². The Morgan fingerprint density at radius 1 is 1.43 bits per heavy atom. The fourth-order valence-corrected chi connectivity index (χ4v) is 1.40. The molecular formula is C9H9F2IO2. The number of aliphatic hydroxyl groups is 1. The highest BCUT2D eigenvalue weighted by molar-refractivity contribution is 14.1. The molecule has 1 rings (SSSR count). The second kappa shape index (κ2) is 4.99. The van der Waals surface area contributed by atoms with E-state index in [-0.39, 0.29) is 15.7 Å². The molecule has 0 aliphatic carbocycles. The zero-order chi connectivity index (χ0) is 10.7. The quantitative estimate of drug-likeness (QED) is 0.528. The van der Waals surface area contributed by atoms with Crippen LogP contribution in [0.2, 0.25) is 0 Å². The van der Waals surface area contributed by atoms with Gasteiger partial charge in [0.1, 0.15) is 0 Å². The molecule has 14 heavy (non-hydrogen) atoms. The van der Waals surface area contributed by atoms with Crippen LogP contribution in [0.5, 0.6) is 0 Å². The Morgan fingerprint density at radius 3 is 2.64 bits per heavy atom. The average Bonchev–Trinajstić information content (AvgIpc) is 2.15. The lowest BCUT2D eigenvalue weighted by molar-refractivity contribution is -0.100. The standard InChI is InChI=1S/C9H9F2IO2/c1-2-14-9(13)5-3-4-6(12)8(11)7(5)10/h3-4,9,13H,2H2,1H3. The van der Waals surface area contributed by atoms with Crippen LogP contribution in [0.1, 0.15) is 18.8 Å². The molecule has 0 aliphatic heterocycles. The molecule has 0 fully saturated rings. The van der Waals surface area contributed by atoms with E-state index in [0.717, 1.165) is 0 Å². The maximum absolute atomic E-state index is 13.2. The Hall–Kier alpha value is -0.270. The molecular weight excluding hydrogens is 305 g/mol. The molecule has 1 aromatic carbocycles. The smallest absolute Gasteiger partial charge is 0.184 e. The van der Waals surface area contributed by atoms with Crippen molar-refractivity contribution in [2.45, 2.75) is 13.2 Å². The van der Waals surface area contributed by atoms with Crippen LogP contribution in [0.15, 0.2) is 12.1 Å². The third kappa shape index (κ3) is 2.40. The Labute approximate surface area is 94.0 Å². The highest BCUT2D eigenvalue weighted by Gasteiger charge is 2.17. The molecule has 0 heterocycles. The summed E-state index contributed by atoms with van der Waals surface area (Å²) in [6.45, 7) is 1.89. The van der Waals surface area contributed by atoms with Crippen LogP contribution in [-0.2, 0) is 4.74 Å². The maximum Gasteiger partial charge on any atom is 0.184 e. The number of ether oxygens (including phenoxy) is 1. The van der Waals surface area contributed by atoms with Gasteiger partial charge in [-0.1, -0.05) is 0 Å². The van der Waals surface area contributed by atoms with E-state index in [1.165, 1.54) is 12.1 Å². The minimum atomic E-state index is -1.41. The van der Waals surface area contributed by atoms with Gasteiger partial charge in [0.25, 0.3) is 0 Å². The molecule has 0 aromatic heterocycles. The third-order valence-electron chi connectivity index (χ3n) is 1.66. The van der Waals surface area contributed by atoms with Crippen molar-refractivity contribution >= 4 is 22.6 Å². The SMILES string of the molecule is CCOC(O)c1ccc(I)c(F)c1F.